The monoisotopic (exact) mass is 357 g/mol. The minimum absolute atomic E-state index is 0.0760. The van der Waals surface area contributed by atoms with E-state index in [-0.39, 0.29) is 18.1 Å². The highest BCUT2D eigenvalue weighted by atomic mass is 32.1. The van der Waals surface area contributed by atoms with Crippen LogP contribution < -0.4 is 0 Å². The maximum atomic E-state index is 12.4. The molecule has 1 fully saturated rings. The number of piperidine rings is 1. The summed E-state index contributed by atoms with van der Waals surface area (Å²) in [6.07, 6.45) is 2.77. The van der Waals surface area contributed by atoms with Gasteiger partial charge in [0.2, 0.25) is 5.91 Å². The van der Waals surface area contributed by atoms with Crippen LogP contribution in [0.5, 0.6) is 0 Å². The highest BCUT2D eigenvalue weighted by Crippen LogP contribution is 2.43. The first-order chi connectivity index (χ1) is 12.3. The van der Waals surface area contributed by atoms with Crippen LogP contribution in [-0.2, 0) is 32.9 Å². The second-order valence-electron chi connectivity index (χ2n) is 6.71. The largest absolute Gasteiger partial charge is 0.370 e. The van der Waals surface area contributed by atoms with Crippen molar-refractivity contribution in [1.82, 2.24) is 4.90 Å². The maximum absolute atomic E-state index is 12.4. The molecule has 4 rings (SSSR count). The number of nitrogens with zero attached hydrogens (tertiary/aromatic N) is 1. The standard InChI is InChI=1S/C20H23NO3S/c22-19(15-23-14-16-4-2-1-3-5-16)21-10-8-20(9-11-21)17-7-13-25-18(17)6-12-24-20/h1-5,7,13H,6,8-12,14-15H2. The number of hydrogen-bond donors (Lipinski definition) is 0. The molecule has 2 aliphatic rings. The van der Waals surface area contributed by atoms with E-state index in [1.54, 1.807) is 0 Å². The molecule has 1 spiro atoms. The molecule has 3 heterocycles. The lowest BCUT2D eigenvalue weighted by molar-refractivity contribution is -0.145. The molecule has 0 bridgehead atoms. The van der Waals surface area contributed by atoms with Gasteiger partial charge in [0, 0.05) is 24.4 Å². The fourth-order valence-electron chi connectivity index (χ4n) is 3.81. The van der Waals surface area contributed by atoms with E-state index in [0.717, 1.165) is 44.5 Å². The number of benzene rings is 1. The summed E-state index contributed by atoms with van der Waals surface area (Å²) in [4.78, 5) is 15.8. The molecule has 0 aliphatic carbocycles. The van der Waals surface area contributed by atoms with Gasteiger partial charge in [-0.05, 0) is 35.4 Å². The molecule has 4 nitrogen and oxygen atoms in total. The van der Waals surface area contributed by atoms with Crippen LogP contribution in [0.2, 0.25) is 0 Å². The number of carbonyl (C=O) groups excluding carboxylic acids is 1. The number of thiophene rings is 1. The third-order valence-corrected chi connectivity index (χ3v) is 6.19. The van der Waals surface area contributed by atoms with Crippen LogP contribution in [0.25, 0.3) is 0 Å². The molecule has 1 aromatic heterocycles. The van der Waals surface area contributed by atoms with E-state index in [9.17, 15) is 4.79 Å². The molecule has 0 radical (unpaired) electrons. The van der Waals surface area contributed by atoms with Gasteiger partial charge in [-0.3, -0.25) is 4.79 Å². The first-order valence-electron chi connectivity index (χ1n) is 8.87. The molecule has 1 amide bonds. The van der Waals surface area contributed by atoms with Crippen LogP contribution in [0.1, 0.15) is 28.8 Å². The van der Waals surface area contributed by atoms with Gasteiger partial charge in [-0.15, -0.1) is 11.3 Å². The van der Waals surface area contributed by atoms with Crippen molar-refractivity contribution in [1.29, 1.82) is 0 Å². The smallest absolute Gasteiger partial charge is 0.248 e. The first kappa shape index (κ1) is 16.8. The van der Waals surface area contributed by atoms with Gasteiger partial charge in [-0.1, -0.05) is 30.3 Å². The highest BCUT2D eigenvalue weighted by Gasteiger charge is 2.42. The van der Waals surface area contributed by atoms with E-state index < -0.39 is 0 Å². The van der Waals surface area contributed by atoms with Crippen LogP contribution in [0.4, 0.5) is 0 Å². The van der Waals surface area contributed by atoms with Crippen molar-refractivity contribution in [2.75, 3.05) is 26.3 Å². The predicted octanol–water partition coefficient (Wildman–Crippen LogP) is 3.36. The van der Waals surface area contributed by atoms with E-state index in [4.69, 9.17) is 9.47 Å². The van der Waals surface area contributed by atoms with E-state index in [0.29, 0.717) is 6.61 Å². The number of carbonyl (C=O) groups is 1. The van der Waals surface area contributed by atoms with E-state index in [1.807, 2.05) is 46.6 Å². The Labute approximate surface area is 152 Å². The van der Waals surface area contributed by atoms with Crippen molar-refractivity contribution in [3.63, 3.8) is 0 Å². The van der Waals surface area contributed by atoms with Crippen molar-refractivity contribution in [2.24, 2.45) is 0 Å². The molecule has 1 saturated heterocycles. The average Bonchev–Trinajstić information content (AvgIpc) is 3.14. The van der Waals surface area contributed by atoms with Gasteiger partial charge in [0.25, 0.3) is 0 Å². The van der Waals surface area contributed by atoms with Crippen molar-refractivity contribution >= 4 is 17.2 Å². The molecular weight excluding hydrogens is 334 g/mol. The topological polar surface area (TPSA) is 38.8 Å². The molecule has 132 valence electrons. The molecule has 0 atom stereocenters. The predicted molar refractivity (Wildman–Crippen MR) is 97.6 cm³/mol. The SMILES string of the molecule is O=C(COCc1ccccc1)N1CCC2(CC1)OCCc1sccc12. The van der Waals surface area contributed by atoms with Gasteiger partial charge < -0.3 is 14.4 Å². The molecular formula is C20H23NO3S. The zero-order chi connectivity index (χ0) is 17.1. The summed E-state index contributed by atoms with van der Waals surface area (Å²) in [5.74, 6) is 0.0760. The van der Waals surface area contributed by atoms with Crippen LogP contribution in [-0.4, -0.2) is 37.1 Å². The second kappa shape index (κ2) is 7.28. The number of likely N-dealkylation sites (tertiary alicyclic amines) is 1. The second-order valence-corrected chi connectivity index (χ2v) is 7.71. The number of amides is 1. The maximum Gasteiger partial charge on any atom is 0.248 e. The minimum Gasteiger partial charge on any atom is -0.370 e. The lowest BCUT2D eigenvalue weighted by atomic mass is 9.82. The summed E-state index contributed by atoms with van der Waals surface area (Å²) in [7, 11) is 0. The fraction of sp³-hybridized carbons (Fsp3) is 0.450. The third-order valence-electron chi connectivity index (χ3n) is 5.20. The molecule has 0 unspecified atom stereocenters. The van der Waals surface area contributed by atoms with Crippen LogP contribution >= 0.6 is 11.3 Å². The Hall–Kier alpha value is -1.69. The Morgan fingerprint density at radius 3 is 2.80 bits per heavy atom. The van der Waals surface area contributed by atoms with Gasteiger partial charge in [0.05, 0.1) is 18.8 Å². The first-order valence-corrected chi connectivity index (χ1v) is 9.75. The van der Waals surface area contributed by atoms with Crippen molar-refractivity contribution < 1.29 is 14.3 Å². The molecule has 0 N–H and O–H groups in total. The zero-order valence-electron chi connectivity index (χ0n) is 14.3. The summed E-state index contributed by atoms with van der Waals surface area (Å²) in [5, 5.41) is 2.16. The molecule has 2 aliphatic heterocycles. The van der Waals surface area contributed by atoms with Gasteiger partial charge >= 0.3 is 0 Å². The minimum atomic E-state index is -0.171. The average molecular weight is 357 g/mol. The molecule has 2 aromatic rings. The summed E-state index contributed by atoms with van der Waals surface area (Å²) < 4.78 is 11.8. The van der Waals surface area contributed by atoms with E-state index in [2.05, 4.69) is 11.4 Å². The number of rotatable bonds is 4. The van der Waals surface area contributed by atoms with Gasteiger partial charge in [0.1, 0.15) is 6.61 Å². The summed E-state index contributed by atoms with van der Waals surface area (Å²) in [5.41, 5.74) is 2.28. The number of ether oxygens (including phenoxy) is 2. The molecule has 0 saturated carbocycles. The van der Waals surface area contributed by atoms with Crippen LogP contribution in [0.3, 0.4) is 0 Å². The quantitative estimate of drug-likeness (QED) is 0.842. The third kappa shape index (κ3) is 3.50. The number of fused-ring (bicyclic) bond motifs is 2. The Balaban J connectivity index is 1.30. The number of hydrogen-bond acceptors (Lipinski definition) is 4. The van der Waals surface area contributed by atoms with E-state index >= 15 is 0 Å². The Bertz CT molecular complexity index is 720. The highest BCUT2D eigenvalue weighted by molar-refractivity contribution is 7.10. The fourth-order valence-corrected chi connectivity index (χ4v) is 4.76. The summed E-state index contributed by atoms with van der Waals surface area (Å²) in [6, 6.07) is 12.2. The Morgan fingerprint density at radius 2 is 2.00 bits per heavy atom. The van der Waals surface area contributed by atoms with Crippen LogP contribution in [0, 0.1) is 0 Å². The van der Waals surface area contributed by atoms with Crippen molar-refractivity contribution in [3.05, 3.63) is 57.8 Å². The lowest BCUT2D eigenvalue weighted by Gasteiger charge is -2.44. The van der Waals surface area contributed by atoms with E-state index in [1.165, 1.54) is 10.4 Å². The summed E-state index contributed by atoms with van der Waals surface area (Å²) >= 11 is 1.83. The lowest BCUT2D eigenvalue weighted by Crippen LogP contribution is -2.48. The Kier molecular flexibility index (Phi) is 4.88. The molecule has 1 aromatic carbocycles. The Morgan fingerprint density at radius 1 is 1.20 bits per heavy atom. The van der Waals surface area contributed by atoms with Crippen molar-refractivity contribution in [3.8, 4) is 0 Å². The van der Waals surface area contributed by atoms with Gasteiger partial charge in [-0.2, -0.15) is 0 Å². The zero-order valence-corrected chi connectivity index (χ0v) is 15.1. The van der Waals surface area contributed by atoms with Gasteiger partial charge in [0.15, 0.2) is 0 Å². The molecule has 25 heavy (non-hydrogen) atoms. The van der Waals surface area contributed by atoms with Crippen LogP contribution in [0.15, 0.2) is 41.8 Å². The van der Waals surface area contributed by atoms with Crippen molar-refractivity contribution in [2.45, 2.75) is 31.5 Å². The normalized spacial score (nSPS) is 19.0. The summed E-state index contributed by atoms with van der Waals surface area (Å²) in [6.45, 7) is 2.89. The molecule has 5 heteroatoms. The van der Waals surface area contributed by atoms with Gasteiger partial charge in [-0.25, -0.2) is 0 Å².